The molecule has 3 rings (SSSR count). The first-order valence-electron chi connectivity index (χ1n) is 9.06. The van der Waals surface area contributed by atoms with Gasteiger partial charge in [-0.1, -0.05) is 33.8 Å². The summed E-state index contributed by atoms with van der Waals surface area (Å²) >= 11 is 0. The average molecular weight is 304 g/mol. The number of carbonyl (C=O) groups excluding carboxylic acids is 1. The predicted octanol–water partition coefficient (Wildman–Crippen LogP) is 4.37. The lowest BCUT2D eigenvalue weighted by molar-refractivity contribution is -0.158. The normalized spacial score (nSPS) is 55.2. The molecule has 3 saturated carbocycles. The van der Waals surface area contributed by atoms with Gasteiger partial charge < -0.3 is 5.11 Å². The van der Waals surface area contributed by atoms with Gasteiger partial charge in [0.1, 0.15) is 5.78 Å². The molecular formula is C20H32O2. The zero-order chi connectivity index (χ0) is 16.3. The van der Waals surface area contributed by atoms with E-state index in [4.69, 9.17) is 0 Å². The van der Waals surface area contributed by atoms with Crippen LogP contribution in [0.25, 0.3) is 0 Å². The van der Waals surface area contributed by atoms with Crippen molar-refractivity contribution in [2.45, 2.75) is 72.3 Å². The minimum absolute atomic E-state index is 0.0163. The third-order valence-corrected chi connectivity index (χ3v) is 8.29. The van der Waals surface area contributed by atoms with Crippen LogP contribution in [0, 0.1) is 34.0 Å². The van der Waals surface area contributed by atoms with Crippen molar-refractivity contribution in [2.24, 2.45) is 34.0 Å². The Morgan fingerprint density at radius 3 is 2.50 bits per heavy atom. The number of Topliss-reactive ketones (excluding diaryl/α,β-unsaturated/α-hetero) is 1. The SMILES string of the molecule is C=C[C@]1(C)CC[C@]2(C)C(C)CC[C@]3(CCC(=O)C23)[C@@H](C)C1O. The van der Waals surface area contributed by atoms with Crippen molar-refractivity contribution in [3.8, 4) is 0 Å². The highest BCUT2D eigenvalue weighted by Gasteiger charge is 2.64. The van der Waals surface area contributed by atoms with Crippen molar-refractivity contribution in [2.75, 3.05) is 0 Å². The maximum atomic E-state index is 12.8. The van der Waals surface area contributed by atoms with Crippen LogP contribution in [0.5, 0.6) is 0 Å². The van der Waals surface area contributed by atoms with E-state index in [1.54, 1.807) is 0 Å². The number of aliphatic hydroxyl groups excluding tert-OH is 1. The lowest BCUT2D eigenvalue weighted by Gasteiger charge is -2.60. The van der Waals surface area contributed by atoms with E-state index in [9.17, 15) is 9.90 Å². The summed E-state index contributed by atoms with van der Waals surface area (Å²) in [5, 5.41) is 11.1. The van der Waals surface area contributed by atoms with Crippen molar-refractivity contribution >= 4 is 5.78 Å². The summed E-state index contributed by atoms with van der Waals surface area (Å²) in [6.07, 6.45) is 7.52. The number of ketones is 1. The van der Waals surface area contributed by atoms with Gasteiger partial charge in [-0.25, -0.2) is 0 Å². The summed E-state index contributed by atoms with van der Waals surface area (Å²) in [6, 6.07) is 0. The van der Waals surface area contributed by atoms with E-state index in [2.05, 4.69) is 34.3 Å². The van der Waals surface area contributed by atoms with Gasteiger partial charge in [0, 0.05) is 17.8 Å². The molecule has 22 heavy (non-hydrogen) atoms. The molecule has 2 nitrogen and oxygen atoms in total. The fourth-order valence-corrected chi connectivity index (χ4v) is 6.26. The van der Waals surface area contributed by atoms with Gasteiger partial charge in [0.05, 0.1) is 6.10 Å². The number of hydrogen-bond acceptors (Lipinski definition) is 2. The van der Waals surface area contributed by atoms with E-state index >= 15 is 0 Å². The van der Waals surface area contributed by atoms with E-state index in [1.165, 1.54) is 6.42 Å². The van der Waals surface area contributed by atoms with Gasteiger partial charge in [-0.15, -0.1) is 6.58 Å². The lowest BCUT2D eigenvalue weighted by atomic mass is 9.44. The predicted molar refractivity (Wildman–Crippen MR) is 89.4 cm³/mol. The minimum atomic E-state index is -0.392. The van der Waals surface area contributed by atoms with Crippen LogP contribution < -0.4 is 0 Å². The first-order chi connectivity index (χ1) is 10.2. The topological polar surface area (TPSA) is 37.3 Å². The highest BCUT2D eigenvalue weighted by Crippen LogP contribution is 2.67. The monoisotopic (exact) mass is 304 g/mol. The first-order valence-corrected chi connectivity index (χ1v) is 9.06. The summed E-state index contributed by atoms with van der Waals surface area (Å²) in [4.78, 5) is 12.8. The Hall–Kier alpha value is -0.630. The van der Waals surface area contributed by atoms with Gasteiger partial charge in [0.2, 0.25) is 0 Å². The van der Waals surface area contributed by atoms with Gasteiger partial charge in [-0.3, -0.25) is 4.79 Å². The largest absolute Gasteiger partial charge is 0.392 e. The molecule has 0 aromatic rings. The second kappa shape index (κ2) is 4.93. The van der Waals surface area contributed by atoms with Crippen LogP contribution in [-0.2, 0) is 4.79 Å². The molecule has 0 saturated heterocycles. The summed E-state index contributed by atoms with van der Waals surface area (Å²) < 4.78 is 0. The zero-order valence-corrected chi connectivity index (χ0v) is 14.7. The molecular weight excluding hydrogens is 272 g/mol. The molecule has 3 unspecified atom stereocenters. The third-order valence-electron chi connectivity index (χ3n) is 8.29. The van der Waals surface area contributed by atoms with Crippen molar-refractivity contribution in [3.63, 3.8) is 0 Å². The molecule has 0 heterocycles. The smallest absolute Gasteiger partial charge is 0.137 e. The van der Waals surface area contributed by atoms with Crippen LogP contribution in [0.1, 0.15) is 66.2 Å². The standard InChI is InChI=1S/C20H32O2/c1-6-18(4)11-12-19(5)13(2)7-9-20(14(3)17(18)22)10-8-15(21)16(19)20/h6,13-14,16-17,22H,1,7-12H2,2-5H3/t13?,14-,16?,17?,18+,19+,20-/m0/s1. The third kappa shape index (κ3) is 1.85. The fourth-order valence-electron chi connectivity index (χ4n) is 6.26. The molecule has 0 aromatic heterocycles. The second-order valence-corrected chi connectivity index (χ2v) is 9.02. The molecule has 0 aromatic carbocycles. The molecule has 2 bridgehead atoms. The van der Waals surface area contributed by atoms with Crippen LogP contribution >= 0.6 is 0 Å². The van der Waals surface area contributed by atoms with Crippen LogP contribution in [0.15, 0.2) is 12.7 Å². The van der Waals surface area contributed by atoms with Gasteiger partial charge in [-0.2, -0.15) is 0 Å². The Kier molecular flexibility index (Phi) is 3.64. The van der Waals surface area contributed by atoms with E-state index in [0.717, 1.165) is 32.1 Å². The number of hydrogen-bond donors (Lipinski definition) is 1. The average Bonchev–Trinajstić information content (AvgIpc) is 2.86. The quantitative estimate of drug-likeness (QED) is 0.730. The number of carbonyl (C=O) groups is 1. The molecule has 0 aliphatic heterocycles. The van der Waals surface area contributed by atoms with Crippen molar-refractivity contribution < 1.29 is 9.90 Å². The summed E-state index contributed by atoms with van der Waals surface area (Å²) in [7, 11) is 0. The molecule has 0 spiro atoms. The van der Waals surface area contributed by atoms with Crippen molar-refractivity contribution in [3.05, 3.63) is 12.7 Å². The maximum Gasteiger partial charge on any atom is 0.137 e. The lowest BCUT2D eigenvalue weighted by Crippen LogP contribution is -2.57. The highest BCUT2D eigenvalue weighted by atomic mass is 16.3. The van der Waals surface area contributed by atoms with Crippen LogP contribution in [0.3, 0.4) is 0 Å². The molecule has 3 aliphatic carbocycles. The number of aliphatic hydroxyl groups is 1. The highest BCUT2D eigenvalue weighted by molar-refractivity contribution is 5.85. The Morgan fingerprint density at radius 1 is 1.18 bits per heavy atom. The van der Waals surface area contributed by atoms with Crippen molar-refractivity contribution in [1.82, 2.24) is 0 Å². The molecule has 0 amide bonds. The second-order valence-electron chi connectivity index (χ2n) is 9.02. The van der Waals surface area contributed by atoms with Crippen LogP contribution in [0.4, 0.5) is 0 Å². The van der Waals surface area contributed by atoms with E-state index in [-0.39, 0.29) is 28.1 Å². The van der Waals surface area contributed by atoms with Gasteiger partial charge in [-0.05, 0) is 54.8 Å². The number of rotatable bonds is 1. The van der Waals surface area contributed by atoms with Gasteiger partial charge in [0.25, 0.3) is 0 Å². The Bertz CT molecular complexity index is 498. The van der Waals surface area contributed by atoms with Gasteiger partial charge >= 0.3 is 0 Å². The fraction of sp³-hybridized carbons (Fsp3) is 0.850. The van der Waals surface area contributed by atoms with E-state index in [0.29, 0.717) is 11.7 Å². The molecule has 7 atom stereocenters. The first kappa shape index (κ1) is 16.2. The summed E-state index contributed by atoms with van der Waals surface area (Å²) in [5.74, 6) is 1.38. The minimum Gasteiger partial charge on any atom is -0.392 e. The molecule has 2 heteroatoms. The molecule has 0 radical (unpaired) electrons. The van der Waals surface area contributed by atoms with Crippen LogP contribution in [0.2, 0.25) is 0 Å². The van der Waals surface area contributed by atoms with E-state index in [1.807, 2.05) is 6.08 Å². The summed E-state index contributed by atoms with van der Waals surface area (Å²) in [6.45, 7) is 13.1. The zero-order valence-electron chi connectivity index (χ0n) is 14.7. The maximum absolute atomic E-state index is 12.8. The molecule has 124 valence electrons. The molecule has 3 aliphatic rings. The van der Waals surface area contributed by atoms with Crippen LogP contribution in [-0.4, -0.2) is 17.0 Å². The molecule has 3 fully saturated rings. The summed E-state index contributed by atoms with van der Waals surface area (Å²) in [5.41, 5.74) is -0.131. The van der Waals surface area contributed by atoms with Gasteiger partial charge in [0.15, 0.2) is 0 Å². The Balaban J connectivity index is 2.15. The van der Waals surface area contributed by atoms with E-state index < -0.39 is 6.10 Å². The Labute approximate surface area is 135 Å². The Morgan fingerprint density at radius 2 is 1.86 bits per heavy atom. The van der Waals surface area contributed by atoms with Crippen molar-refractivity contribution in [1.29, 1.82) is 0 Å². The molecule has 1 N–H and O–H groups in total.